The minimum atomic E-state index is -0.133. The van der Waals surface area contributed by atoms with Crippen molar-refractivity contribution in [2.75, 3.05) is 0 Å². The Morgan fingerprint density at radius 3 is 2.82 bits per heavy atom. The normalized spacial score (nSPS) is 23.9. The van der Waals surface area contributed by atoms with Crippen LogP contribution >= 0.6 is 12.4 Å². The van der Waals surface area contributed by atoms with E-state index in [-0.39, 0.29) is 30.4 Å². The van der Waals surface area contributed by atoms with E-state index in [2.05, 4.69) is 15.5 Å². The predicted octanol–water partition coefficient (Wildman–Crippen LogP) is 1.14. The summed E-state index contributed by atoms with van der Waals surface area (Å²) in [4.78, 5) is 11.8. The second kappa shape index (κ2) is 6.02. The lowest BCUT2D eigenvalue weighted by molar-refractivity contribution is 0.0916. The van der Waals surface area contributed by atoms with Crippen molar-refractivity contribution in [3.63, 3.8) is 0 Å². The maximum absolute atomic E-state index is 11.8. The Hall–Kier alpha value is -1.07. The van der Waals surface area contributed by atoms with Gasteiger partial charge in [0.2, 0.25) is 0 Å². The summed E-state index contributed by atoms with van der Waals surface area (Å²) in [6.45, 7) is 1.87. The number of carbonyl (C=O) groups is 1. The first-order valence-corrected chi connectivity index (χ1v) is 5.75. The maximum atomic E-state index is 11.8. The number of amides is 1. The van der Waals surface area contributed by atoms with Crippen LogP contribution in [0.2, 0.25) is 0 Å². The number of halogens is 1. The molecule has 1 saturated carbocycles. The molecule has 2 unspecified atom stereocenters. The van der Waals surface area contributed by atoms with Crippen molar-refractivity contribution in [1.29, 1.82) is 0 Å². The van der Waals surface area contributed by atoms with E-state index in [1.807, 2.05) is 6.92 Å². The van der Waals surface area contributed by atoms with Crippen LogP contribution < -0.4 is 11.1 Å². The van der Waals surface area contributed by atoms with Gasteiger partial charge in [-0.25, -0.2) is 0 Å². The van der Waals surface area contributed by atoms with Crippen LogP contribution in [0.25, 0.3) is 0 Å². The summed E-state index contributed by atoms with van der Waals surface area (Å²) >= 11 is 0. The van der Waals surface area contributed by atoms with Gasteiger partial charge in [0.25, 0.3) is 5.91 Å². The van der Waals surface area contributed by atoms with Crippen molar-refractivity contribution >= 4 is 18.3 Å². The molecule has 1 aromatic rings. The Bertz CT molecular complexity index is 379. The standard InChI is InChI=1S/C11H18N4O.ClH/c1-7-6-10(15-14-7)11(16)13-9-5-3-2-4-8(9)12;/h6,8-9H,2-5,12H2,1H3,(H,13,16)(H,14,15);1H. The summed E-state index contributed by atoms with van der Waals surface area (Å²) in [5.74, 6) is -0.133. The molecule has 1 heterocycles. The van der Waals surface area contributed by atoms with E-state index in [4.69, 9.17) is 5.73 Å². The Morgan fingerprint density at radius 2 is 2.24 bits per heavy atom. The van der Waals surface area contributed by atoms with Gasteiger partial charge in [0.15, 0.2) is 0 Å². The quantitative estimate of drug-likeness (QED) is 0.744. The summed E-state index contributed by atoms with van der Waals surface area (Å²) in [6.07, 6.45) is 4.26. The number of nitrogens with two attached hydrogens (primary N) is 1. The summed E-state index contributed by atoms with van der Waals surface area (Å²) < 4.78 is 0. The topological polar surface area (TPSA) is 83.8 Å². The van der Waals surface area contributed by atoms with Gasteiger partial charge in [0, 0.05) is 17.8 Å². The van der Waals surface area contributed by atoms with E-state index < -0.39 is 0 Å². The van der Waals surface area contributed by atoms with Gasteiger partial charge >= 0.3 is 0 Å². The highest BCUT2D eigenvalue weighted by Crippen LogP contribution is 2.17. The van der Waals surface area contributed by atoms with Gasteiger partial charge < -0.3 is 11.1 Å². The number of aromatic amines is 1. The first kappa shape index (κ1) is 14.0. The molecular weight excluding hydrogens is 240 g/mol. The SMILES string of the molecule is Cc1cc(C(=O)NC2CCCCC2N)n[nH]1.Cl. The molecule has 1 aliphatic rings. The van der Waals surface area contributed by atoms with Gasteiger partial charge in [-0.15, -0.1) is 12.4 Å². The average molecular weight is 259 g/mol. The van der Waals surface area contributed by atoms with Crippen LogP contribution in [-0.2, 0) is 0 Å². The molecule has 17 heavy (non-hydrogen) atoms. The molecule has 2 atom stereocenters. The fourth-order valence-corrected chi connectivity index (χ4v) is 2.12. The van der Waals surface area contributed by atoms with Gasteiger partial charge in [0.1, 0.15) is 5.69 Å². The predicted molar refractivity (Wildman–Crippen MR) is 68.3 cm³/mol. The van der Waals surface area contributed by atoms with Gasteiger partial charge in [-0.1, -0.05) is 12.8 Å². The Kier molecular flexibility index (Phi) is 4.96. The number of nitrogens with one attached hydrogen (secondary N) is 2. The zero-order chi connectivity index (χ0) is 11.5. The fourth-order valence-electron chi connectivity index (χ4n) is 2.12. The monoisotopic (exact) mass is 258 g/mol. The van der Waals surface area contributed by atoms with E-state index in [0.717, 1.165) is 31.4 Å². The second-order valence-corrected chi connectivity index (χ2v) is 4.46. The number of nitrogens with zero attached hydrogens (tertiary/aromatic N) is 1. The number of hydrogen-bond donors (Lipinski definition) is 3. The van der Waals surface area contributed by atoms with Gasteiger partial charge in [-0.2, -0.15) is 5.10 Å². The number of aryl methyl sites for hydroxylation is 1. The fraction of sp³-hybridized carbons (Fsp3) is 0.636. The Balaban J connectivity index is 0.00000144. The highest BCUT2D eigenvalue weighted by atomic mass is 35.5. The maximum Gasteiger partial charge on any atom is 0.272 e. The first-order valence-electron chi connectivity index (χ1n) is 5.75. The van der Waals surface area contributed by atoms with Crippen molar-refractivity contribution in [2.45, 2.75) is 44.7 Å². The van der Waals surface area contributed by atoms with E-state index in [9.17, 15) is 4.79 Å². The number of rotatable bonds is 2. The zero-order valence-electron chi connectivity index (χ0n) is 9.90. The van der Waals surface area contributed by atoms with E-state index >= 15 is 0 Å². The van der Waals surface area contributed by atoms with Gasteiger partial charge in [-0.3, -0.25) is 9.89 Å². The molecule has 1 aromatic heterocycles. The third-order valence-corrected chi connectivity index (χ3v) is 3.07. The van der Waals surface area contributed by atoms with E-state index in [1.165, 1.54) is 0 Å². The number of aromatic nitrogens is 2. The van der Waals surface area contributed by atoms with Crippen LogP contribution in [0, 0.1) is 6.92 Å². The van der Waals surface area contributed by atoms with E-state index in [1.54, 1.807) is 6.07 Å². The lowest BCUT2D eigenvalue weighted by Gasteiger charge is -2.28. The molecule has 0 aromatic carbocycles. The minimum absolute atomic E-state index is 0. The molecule has 2 rings (SSSR count). The molecule has 0 radical (unpaired) electrons. The van der Waals surface area contributed by atoms with Gasteiger partial charge in [-0.05, 0) is 25.8 Å². The molecule has 5 nitrogen and oxygen atoms in total. The second-order valence-electron chi connectivity index (χ2n) is 4.46. The van der Waals surface area contributed by atoms with Crippen molar-refractivity contribution in [3.8, 4) is 0 Å². The molecule has 1 fully saturated rings. The highest BCUT2D eigenvalue weighted by Gasteiger charge is 2.24. The molecule has 96 valence electrons. The molecule has 1 amide bonds. The molecule has 0 saturated heterocycles. The van der Waals surface area contributed by atoms with Crippen molar-refractivity contribution in [2.24, 2.45) is 5.73 Å². The van der Waals surface area contributed by atoms with Crippen LogP contribution in [0.3, 0.4) is 0 Å². The zero-order valence-corrected chi connectivity index (χ0v) is 10.7. The molecule has 1 aliphatic carbocycles. The molecule has 0 spiro atoms. The van der Waals surface area contributed by atoms with Crippen molar-refractivity contribution < 1.29 is 4.79 Å². The lowest BCUT2D eigenvalue weighted by atomic mass is 9.91. The molecule has 0 aliphatic heterocycles. The first-order chi connectivity index (χ1) is 7.66. The third-order valence-electron chi connectivity index (χ3n) is 3.07. The van der Waals surface area contributed by atoms with Crippen molar-refractivity contribution in [1.82, 2.24) is 15.5 Å². The largest absolute Gasteiger partial charge is 0.346 e. The summed E-state index contributed by atoms with van der Waals surface area (Å²) in [5.41, 5.74) is 7.29. The molecule has 6 heteroatoms. The van der Waals surface area contributed by atoms with Gasteiger partial charge in [0.05, 0.1) is 0 Å². The smallest absolute Gasteiger partial charge is 0.272 e. The van der Waals surface area contributed by atoms with Crippen LogP contribution in [0.4, 0.5) is 0 Å². The lowest BCUT2D eigenvalue weighted by Crippen LogP contribution is -2.49. The van der Waals surface area contributed by atoms with Crippen LogP contribution in [-0.4, -0.2) is 28.2 Å². The Morgan fingerprint density at radius 1 is 1.53 bits per heavy atom. The molecule has 4 N–H and O–H groups in total. The third kappa shape index (κ3) is 3.44. The van der Waals surface area contributed by atoms with Crippen LogP contribution in [0.15, 0.2) is 6.07 Å². The Labute approximate surface area is 107 Å². The summed E-state index contributed by atoms with van der Waals surface area (Å²) in [6, 6.07) is 1.92. The minimum Gasteiger partial charge on any atom is -0.346 e. The summed E-state index contributed by atoms with van der Waals surface area (Å²) in [5, 5.41) is 9.64. The number of carbonyl (C=O) groups excluding carboxylic acids is 1. The van der Waals surface area contributed by atoms with E-state index in [0.29, 0.717) is 5.69 Å². The number of hydrogen-bond acceptors (Lipinski definition) is 3. The van der Waals surface area contributed by atoms with Crippen LogP contribution in [0.5, 0.6) is 0 Å². The highest BCUT2D eigenvalue weighted by molar-refractivity contribution is 5.92. The van der Waals surface area contributed by atoms with Crippen LogP contribution in [0.1, 0.15) is 41.9 Å². The van der Waals surface area contributed by atoms with Crippen molar-refractivity contribution in [3.05, 3.63) is 17.5 Å². The molecular formula is C11H19ClN4O. The number of H-pyrrole nitrogens is 1. The summed E-state index contributed by atoms with van der Waals surface area (Å²) in [7, 11) is 0. The molecule has 0 bridgehead atoms. The average Bonchev–Trinajstić information content (AvgIpc) is 2.68.